The summed E-state index contributed by atoms with van der Waals surface area (Å²) >= 11 is 0. The zero-order valence-corrected chi connectivity index (χ0v) is 11.4. The van der Waals surface area contributed by atoms with E-state index in [9.17, 15) is 0 Å². The van der Waals surface area contributed by atoms with Crippen molar-refractivity contribution >= 4 is 5.57 Å². The summed E-state index contributed by atoms with van der Waals surface area (Å²) in [7, 11) is 0. The molecule has 0 aliphatic heterocycles. The number of hydrogen-bond acceptors (Lipinski definition) is 3. The number of hydrogen-bond donors (Lipinski definition) is 0. The van der Waals surface area contributed by atoms with Crippen molar-refractivity contribution < 1.29 is 4.74 Å². The Morgan fingerprint density at radius 2 is 2.11 bits per heavy atom. The maximum Gasteiger partial charge on any atom is 0.217 e. The first-order chi connectivity index (χ1) is 8.81. The summed E-state index contributed by atoms with van der Waals surface area (Å²) in [6, 6.07) is 1.87. The molecule has 0 aliphatic carbocycles. The van der Waals surface area contributed by atoms with E-state index in [1.54, 1.807) is 0 Å². The third-order valence-electron chi connectivity index (χ3n) is 2.40. The van der Waals surface area contributed by atoms with Gasteiger partial charge in [-0.25, -0.2) is 9.97 Å². The number of rotatable bonds is 5. The Morgan fingerprint density at radius 1 is 1.28 bits per heavy atom. The maximum absolute atomic E-state index is 5.47. The molecule has 0 bridgehead atoms. The number of aromatic nitrogens is 2. The molecular formula is C15H20N2O. The van der Waals surface area contributed by atoms with Crippen molar-refractivity contribution in [1.29, 1.82) is 0 Å². The fraction of sp³-hybridized carbons (Fsp3) is 0.467. The lowest BCUT2D eigenvalue weighted by Crippen LogP contribution is -1.98. The van der Waals surface area contributed by atoms with Gasteiger partial charge in [-0.3, -0.25) is 0 Å². The molecule has 0 unspecified atom stereocenters. The molecule has 0 spiro atoms. The van der Waals surface area contributed by atoms with E-state index >= 15 is 0 Å². The monoisotopic (exact) mass is 244 g/mol. The minimum absolute atomic E-state index is 0.378. The van der Waals surface area contributed by atoms with E-state index in [1.165, 1.54) is 11.9 Å². The largest absolute Gasteiger partial charge is 0.464 e. The second kappa shape index (κ2) is 8.30. The smallest absolute Gasteiger partial charge is 0.217 e. The molecule has 0 aliphatic rings. The van der Waals surface area contributed by atoms with Crippen molar-refractivity contribution in [1.82, 2.24) is 9.97 Å². The van der Waals surface area contributed by atoms with E-state index in [0.29, 0.717) is 12.5 Å². The van der Waals surface area contributed by atoms with Gasteiger partial charge in [0.15, 0.2) is 6.61 Å². The van der Waals surface area contributed by atoms with Crippen molar-refractivity contribution in [3.05, 3.63) is 24.2 Å². The van der Waals surface area contributed by atoms with Gasteiger partial charge in [-0.05, 0) is 18.4 Å². The van der Waals surface area contributed by atoms with Gasteiger partial charge >= 0.3 is 0 Å². The van der Waals surface area contributed by atoms with Gasteiger partial charge in [0.05, 0.1) is 5.69 Å². The first-order valence-electron chi connectivity index (χ1n) is 6.41. The lowest BCUT2D eigenvalue weighted by Gasteiger charge is -2.06. The van der Waals surface area contributed by atoms with Crippen molar-refractivity contribution in [2.45, 2.75) is 40.0 Å². The average Bonchev–Trinajstić information content (AvgIpc) is 2.41. The highest BCUT2D eigenvalue weighted by Gasteiger charge is 2.03. The Balaban J connectivity index is 2.75. The standard InChI is InChI=1S/C15H20N2O/c1-4-7-8-10-18-15-11-14(16-12-17-15)13(6-3)9-5-2/h9,11-12H,4-6,10H2,1-3H3/b13-9+. The Kier molecular flexibility index (Phi) is 6.56. The highest BCUT2D eigenvalue weighted by Crippen LogP contribution is 2.19. The van der Waals surface area contributed by atoms with Crippen LogP contribution in [0.4, 0.5) is 0 Å². The molecule has 3 nitrogen and oxygen atoms in total. The van der Waals surface area contributed by atoms with E-state index < -0.39 is 0 Å². The Labute approximate surface area is 109 Å². The van der Waals surface area contributed by atoms with Crippen molar-refractivity contribution in [3.8, 4) is 17.7 Å². The minimum Gasteiger partial charge on any atom is -0.464 e. The van der Waals surface area contributed by atoms with Crippen molar-refractivity contribution in [2.75, 3.05) is 6.61 Å². The predicted molar refractivity (Wildman–Crippen MR) is 74.2 cm³/mol. The molecule has 18 heavy (non-hydrogen) atoms. The van der Waals surface area contributed by atoms with Crippen LogP contribution in [0.25, 0.3) is 5.57 Å². The SMILES string of the molecule is CCC#CCOc1cc(/C(=C/CC)CC)ncn1. The lowest BCUT2D eigenvalue weighted by molar-refractivity contribution is 0.354. The summed E-state index contributed by atoms with van der Waals surface area (Å²) in [6.45, 7) is 6.63. The second-order valence-electron chi connectivity index (χ2n) is 3.73. The Hall–Kier alpha value is -1.82. The third kappa shape index (κ3) is 4.58. The Morgan fingerprint density at radius 3 is 2.78 bits per heavy atom. The summed E-state index contributed by atoms with van der Waals surface area (Å²) in [6.07, 6.45) is 6.53. The first-order valence-corrected chi connectivity index (χ1v) is 6.41. The van der Waals surface area contributed by atoms with Crippen LogP contribution in [0, 0.1) is 11.8 Å². The van der Waals surface area contributed by atoms with E-state index in [1.807, 2.05) is 13.0 Å². The fourth-order valence-electron chi connectivity index (χ4n) is 1.56. The van der Waals surface area contributed by atoms with Crippen LogP contribution in [-0.2, 0) is 0 Å². The molecular weight excluding hydrogens is 224 g/mol. The van der Waals surface area contributed by atoms with Gasteiger partial charge in [0, 0.05) is 12.5 Å². The van der Waals surface area contributed by atoms with Gasteiger partial charge in [0.1, 0.15) is 6.33 Å². The normalized spacial score (nSPS) is 10.7. The van der Waals surface area contributed by atoms with E-state index in [0.717, 1.165) is 25.0 Å². The number of ether oxygens (including phenoxy) is 1. The molecule has 3 heteroatoms. The molecule has 1 aromatic heterocycles. The molecule has 0 aromatic carbocycles. The van der Waals surface area contributed by atoms with Gasteiger partial charge in [0.25, 0.3) is 0 Å². The zero-order chi connectivity index (χ0) is 13.2. The summed E-state index contributed by atoms with van der Waals surface area (Å²) < 4.78 is 5.47. The quantitative estimate of drug-likeness (QED) is 0.744. The number of allylic oxidation sites excluding steroid dienone is 2. The number of nitrogens with zero attached hydrogens (tertiary/aromatic N) is 2. The zero-order valence-electron chi connectivity index (χ0n) is 11.4. The molecule has 1 aromatic rings. The molecule has 96 valence electrons. The van der Waals surface area contributed by atoms with Crippen LogP contribution in [0.15, 0.2) is 18.5 Å². The van der Waals surface area contributed by atoms with Crippen molar-refractivity contribution in [3.63, 3.8) is 0 Å². The van der Waals surface area contributed by atoms with Crippen LogP contribution in [0.1, 0.15) is 45.7 Å². The summed E-state index contributed by atoms with van der Waals surface area (Å²) in [5, 5.41) is 0. The van der Waals surface area contributed by atoms with Crippen LogP contribution in [0.3, 0.4) is 0 Å². The molecule has 0 N–H and O–H groups in total. The third-order valence-corrected chi connectivity index (χ3v) is 2.40. The first kappa shape index (κ1) is 14.2. The molecule has 1 rings (SSSR count). The van der Waals surface area contributed by atoms with E-state index in [2.05, 4.69) is 41.7 Å². The summed E-state index contributed by atoms with van der Waals surface area (Å²) in [5.74, 6) is 6.47. The van der Waals surface area contributed by atoms with Crippen LogP contribution < -0.4 is 4.74 Å². The van der Waals surface area contributed by atoms with Gasteiger partial charge in [0.2, 0.25) is 5.88 Å². The molecule has 0 saturated carbocycles. The van der Waals surface area contributed by atoms with Gasteiger partial charge in [-0.1, -0.05) is 32.8 Å². The van der Waals surface area contributed by atoms with Crippen LogP contribution in [0.2, 0.25) is 0 Å². The van der Waals surface area contributed by atoms with Crippen molar-refractivity contribution in [2.24, 2.45) is 0 Å². The predicted octanol–water partition coefficient (Wildman–Crippen LogP) is 3.47. The molecule has 0 saturated heterocycles. The maximum atomic E-state index is 5.47. The highest BCUT2D eigenvalue weighted by molar-refractivity contribution is 5.62. The summed E-state index contributed by atoms with van der Waals surface area (Å²) in [4.78, 5) is 8.36. The van der Waals surface area contributed by atoms with E-state index in [-0.39, 0.29) is 0 Å². The minimum atomic E-state index is 0.378. The fourth-order valence-corrected chi connectivity index (χ4v) is 1.56. The Bertz CT molecular complexity index is 455. The summed E-state index contributed by atoms with van der Waals surface area (Å²) in [5.41, 5.74) is 2.16. The lowest BCUT2D eigenvalue weighted by atomic mass is 10.1. The van der Waals surface area contributed by atoms with Gasteiger partial charge < -0.3 is 4.74 Å². The molecule has 1 heterocycles. The van der Waals surface area contributed by atoms with Gasteiger partial charge in [-0.2, -0.15) is 0 Å². The highest BCUT2D eigenvalue weighted by atomic mass is 16.5. The van der Waals surface area contributed by atoms with Gasteiger partial charge in [-0.15, -0.1) is 5.92 Å². The molecule has 0 amide bonds. The van der Waals surface area contributed by atoms with Crippen LogP contribution in [0.5, 0.6) is 5.88 Å². The molecule has 0 atom stereocenters. The van der Waals surface area contributed by atoms with E-state index in [4.69, 9.17) is 4.74 Å². The molecule has 0 radical (unpaired) electrons. The average molecular weight is 244 g/mol. The molecule has 0 fully saturated rings. The second-order valence-corrected chi connectivity index (χ2v) is 3.73. The van der Waals surface area contributed by atoms with Crippen LogP contribution >= 0.6 is 0 Å². The topological polar surface area (TPSA) is 35.0 Å². The van der Waals surface area contributed by atoms with Crippen LogP contribution in [-0.4, -0.2) is 16.6 Å².